The van der Waals surface area contributed by atoms with Crippen molar-refractivity contribution in [2.24, 2.45) is 0 Å². The predicted molar refractivity (Wildman–Crippen MR) is 105 cm³/mol. The van der Waals surface area contributed by atoms with Crippen LogP contribution in [0.15, 0.2) is 41.2 Å². The van der Waals surface area contributed by atoms with Crippen LogP contribution in [-0.2, 0) is 17.5 Å². The molecule has 0 bridgehead atoms. The fourth-order valence-electron chi connectivity index (χ4n) is 2.50. The van der Waals surface area contributed by atoms with Gasteiger partial charge in [-0.05, 0) is 18.2 Å². The third kappa shape index (κ3) is 6.75. The Morgan fingerprint density at radius 3 is 2.71 bits per heavy atom. The van der Waals surface area contributed by atoms with E-state index in [1.165, 1.54) is 10.7 Å². The number of amides is 2. The molecule has 2 aromatic heterocycles. The second-order valence-electron chi connectivity index (χ2n) is 6.59. The Labute approximate surface area is 188 Å². The van der Waals surface area contributed by atoms with Gasteiger partial charge < -0.3 is 19.9 Å². The number of alkyl halides is 3. The lowest BCUT2D eigenvalue weighted by Crippen LogP contribution is -2.36. The maximum absolute atomic E-state index is 12.7. The number of hydrogen-bond acceptors (Lipinski definition) is 9. The topological polar surface area (TPSA) is 167 Å². The van der Waals surface area contributed by atoms with Crippen LogP contribution < -0.4 is 15.4 Å². The lowest BCUT2D eigenvalue weighted by Gasteiger charge is -2.10. The lowest BCUT2D eigenvalue weighted by molar-refractivity contribution is -0.385. The fourth-order valence-corrected chi connectivity index (χ4v) is 2.50. The molecule has 13 nitrogen and oxygen atoms in total. The van der Waals surface area contributed by atoms with Crippen LogP contribution in [0.25, 0.3) is 0 Å². The number of ether oxygens (including phenoxy) is 1. The largest absolute Gasteiger partial charge is 0.484 e. The van der Waals surface area contributed by atoms with E-state index in [0.29, 0.717) is 0 Å². The molecule has 0 aliphatic carbocycles. The van der Waals surface area contributed by atoms with Crippen molar-refractivity contribution >= 4 is 17.5 Å². The van der Waals surface area contributed by atoms with Crippen LogP contribution in [0.5, 0.6) is 5.75 Å². The average molecular weight is 483 g/mol. The summed E-state index contributed by atoms with van der Waals surface area (Å²) in [6.07, 6.45) is -2.32. The van der Waals surface area contributed by atoms with E-state index in [1.54, 1.807) is 0 Å². The standard InChI is InChI=1S/C18H16F3N7O6/c19-18(20,21)11-2-1-3-13(6-11)33-10-15(29)22-4-5-23-16(30)17-25-14(26-34-17)9-27-8-12(7-24-27)28(31)32/h1-3,6-8H,4-5,9-10H2,(H,22,29)(H,23,30). The van der Waals surface area contributed by atoms with Gasteiger partial charge in [0, 0.05) is 13.1 Å². The normalized spacial score (nSPS) is 11.1. The van der Waals surface area contributed by atoms with Crippen LogP contribution in [-0.4, -0.2) is 56.4 Å². The van der Waals surface area contributed by atoms with Crippen LogP contribution in [0.4, 0.5) is 18.9 Å². The van der Waals surface area contributed by atoms with Gasteiger partial charge in [0.2, 0.25) is 0 Å². The van der Waals surface area contributed by atoms with E-state index in [1.807, 2.05) is 0 Å². The highest BCUT2D eigenvalue weighted by molar-refractivity contribution is 5.89. The van der Waals surface area contributed by atoms with Crippen LogP contribution >= 0.6 is 0 Å². The molecule has 0 saturated heterocycles. The Morgan fingerprint density at radius 2 is 2.00 bits per heavy atom. The quantitative estimate of drug-likeness (QED) is 0.244. The minimum Gasteiger partial charge on any atom is -0.484 e. The van der Waals surface area contributed by atoms with Crippen molar-refractivity contribution in [3.05, 3.63) is 64.1 Å². The molecule has 0 spiro atoms. The number of nitrogens with one attached hydrogen (secondary N) is 2. The van der Waals surface area contributed by atoms with Crippen molar-refractivity contribution in [2.75, 3.05) is 19.7 Å². The smallest absolute Gasteiger partial charge is 0.416 e. The first-order chi connectivity index (χ1) is 16.1. The molecule has 0 saturated carbocycles. The zero-order valence-corrected chi connectivity index (χ0v) is 17.1. The van der Waals surface area contributed by atoms with Gasteiger partial charge in [0.1, 0.15) is 24.7 Å². The van der Waals surface area contributed by atoms with E-state index < -0.39 is 35.1 Å². The van der Waals surface area contributed by atoms with Gasteiger partial charge in [-0.25, -0.2) is 0 Å². The number of carbonyl (C=O) groups is 2. The van der Waals surface area contributed by atoms with Gasteiger partial charge in [-0.3, -0.25) is 24.4 Å². The molecule has 34 heavy (non-hydrogen) atoms. The number of carbonyl (C=O) groups excluding carboxylic acids is 2. The molecule has 0 unspecified atom stereocenters. The van der Waals surface area contributed by atoms with Crippen LogP contribution in [0.3, 0.4) is 0 Å². The number of nitrogens with zero attached hydrogens (tertiary/aromatic N) is 5. The molecule has 0 fully saturated rings. The molecule has 0 aliphatic heterocycles. The monoisotopic (exact) mass is 483 g/mol. The van der Waals surface area contributed by atoms with Gasteiger partial charge in [0.15, 0.2) is 12.4 Å². The first kappa shape index (κ1) is 24.1. The highest BCUT2D eigenvalue weighted by Gasteiger charge is 2.30. The maximum Gasteiger partial charge on any atom is 0.416 e. The number of halogens is 3. The van der Waals surface area contributed by atoms with E-state index in [0.717, 1.165) is 30.6 Å². The minimum absolute atomic E-state index is 0.00548. The number of aromatic nitrogens is 4. The summed E-state index contributed by atoms with van der Waals surface area (Å²) in [7, 11) is 0. The summed E-state index contributed by atoms with van der Waals surface area (Å²) in [6.45, 7) is -0.605. The molecule has 0 radical (unpaired) electrons. The van der Waals surface area contributed by atoms with E-state index in [2.05, 4.69) is 25.9 Å². The van der Waals surface area contributed by atoms with E-state index in [9.17, 15) is 32.9 Å². The second kappa shape index (κ2) is 10.4. The summed E-state index contributed by atoms with van der Waals surface area (Å²) in [5.41, 5.74) is -1.12. The number of hydrogen-bond donors (Lipinski definition) is 2. The van der Waals surface area contributed by atoms with Crippen molar-refractivity contribution in [1.29, 1.82) is 0 Å². The SMILES string of the molecule is O=C(COc1cccc(C(F)(F)F)c1)NCCNC(=O)c1nc(Cn2cc([N+](=O)[O-])cn2)no1. The van der Waals surface area contributed by atoms with Crippen molar-refractivity contribution in [3.63, 3.8) is 0 Å². The fraction of sp³-hybridized carbons (Fsp3) is 0.278. The van der Waals surface area contributed by atoms with Crippen LogP contribution in [0.1, 0.15) is 22.1 Å². The van der Waals surface area contributed by atoms with Gasteiger partial charge in [0.05, 0.1) is 10.5 Å². The molecule has 1 aromatic carbocycles. The zero-order valence-electron chi connectivity index (χ0n) is 17.1. The first-order valence-corrected chi connectivity index (χ1v) is 9.46. The van der Waals surface area contributed by atoms with Gasteiger partial charge in [-0.1, -0.05) is 11.2 Å². The molecular weight excluding hydrogens is 467 g/mol. The lowest BCUT2D eigenvalue weighted by atomic mass is 10.2. The molecule has 0 atom stereocenters. The number of rotatable bonds is 10. The first-order valence-electron chi connectivity index (χ1n) is 9.46. The molecular formula is C18H16F3N7O6. The molecule has 2 N–H and O–H groups in total. The van der Waals surface area contributed by atoms with Gasteiger partial charge in [-0.15, -0.1) is 0 Å². The highest BCUT2D eigenvalue weighted by Crippen LogP contribution is 2.31. The third-order valence-corrected chi connectivity index (χ3v) is 4.06. The predicted octanol–water partition coefficient (Wildman–Crippen LogP) is 1.17. The summed E-state index contributed by atoms with van der Waals surface area (Å²) in [5.74, 6) is -1.76. The van der Waals surface area contributed by atoms with E-state index in [-0.39, 0.29) is 42.8 Å². The zero-order chi connectivity index (χ0) is 24.7. The Morgan fingerprint density at radius 1 is 1.24 bits per heavy atom. The van der Waals surface area contributed by atoms with Crippen molar-refractivity contribution in [3.8, 4) is 5.75 Å². The summed E-state index contributed by atoms with van der Waals surface area (Å²) < 4.78 is 49.1. The van der Waals surface area contributed by atoms with Crippen molar-refractivity contribution in [1.82, 2.24) is 30.6 Å². The molecule has 16 heteroatoms. The van der Waals surface area contributed by atoms with Gasteiger partial charge in [-0.2, -0.15) is 23.3 Å². The minimum atomic E-state index is -4.53. The summed E-state index contributed by atoms with van der Waals surface area (Å²) in [6, 6.07) is 4.10. The maximum atomic E-state index is 12.7. The summed E-state index contributed by atoms with van der Waals surface area (Å²) >= 11 is 0. The van der Waals surface area contributed by atoms with E-state index in [4.69, 9.17) is 9.26 Å². The molecule has 2 amide bonds. The highest BCUT2D eigenvalue weighted by atomic mass is 19.4. The summed E-state index contributed by atoms with van der Waals surface area (Å²) in [5, 5.41) is 22.8. The van der Waals surface area contributed by atoms with Gasteiger partial charge >= 0.3 is 23.7 Å². The van der Waals surface area contributed by atoms with Crippen LogP contribution in [0, 0.1) is 10.1 Å². The summed E-state index contributed by atoms with van der Waals surface area (Å²) in [4.78, 5) is 37.7. The van der Waals surface area contributed by atoms with Gasteiger partial charge in [0.25, 0.3) is 5.91 Å². The Kier molecular flexibility index (Phi) is 7.39. The average Bonchev–Trinajstić information content (AvgIpc) is 3.45. The molecule has 3 rings (SSSR count). The van der Waals surface area contributed by atoms with Crippen molar-refractivity contribution < 1.29 is 36.9 Å². The molecule has 0 aliphatic rings. The Hall–Kier alpha value is -4.50. The number of benzene rings is 1. The second-order valence-corrected chi connectivity index (χ2v) is 6.59. The Balaban J connectivity index is 1.37. The molecule has 180 valence electrons. The third-order valence-electron chi connectivity index (χ3n) is 4.06. The number of nitro groups is 1. The Bertz CT molecular complexity index is 1180. The van der Waals surface area contributed by atoms with E-state index >= 15 is 0 Å². The van der Waals surface area contributed by atoms with Crippen molar-refractivity contribution in [2.45, 2.75) is 12.7 Å². The molecule has 2 heterocycles. The molecule has 3 aromatic rings. The van der Waals surface area contributed by atoms with Crippen LogP contribution in [0.2, 0.25) is 0 Å².